The number of nitrogens with one attached hydrogen (secondary N) is 1. The predicted molar refractivity (Wildman–Crippen MR) is 96.0 cm³/mol. The molecule has 4 rings (SSSR count). The Kier molecular flexibility index (Phi) is 4.14. The molecule has 1 aromatic heterocycles. The fourth-order valence-electron chi connectivity index (χ4n) is 4.29. The number of nitrogens with zero attached hydrogens (tertiary/aromatic N) is 2. The molecule has 126 valence electrons. The lowest BCUT2D eigenvalue weighted by Gasteiger charge is -2.39. The minimum Gasteiger partial charge on any atom is -0.349 e. The smallest absolute Gasteiger partial charge is 0.220 e. The lowest BCUT2D eigenvalue weighted by molar-refractivity contribution is -0.125. The molecule has 2 aliphatic rings. The van der Waals surface area contributed by atoms with E-state index in [9.17, 15) is 4.79 Å². The van der Waals surface area contributed by atoms with Crippen molar-refractivity contribution in [1.29, 1.82) is 0 Å². The van der Waals surface area contributed by atoms with Crippen molar-refractivity contribution in [3.63, 3.8) is 0 Å². The summed E-state index contributed by atoms with van der Waals surface area (Å²) in [6, 6.07) is 10.6. The molecular formula is C19H23N3OS. The standard InChI is InChI=1S/C19H23N3OS/c1-14-20-16(12-24-14)10-22-11-17(15-6-3-2-4-7-15)19(13-22)9-5-8-18(23)21-19/h2-4,6-7,12,17H,5,8-11,13H2,1H3,(H,21,23)/t17-,19+/m0/s1. The van der Waals surface area contributed by atoms with Crippen LogP contribution in [0.1, 0.15) is 41.4 Å². The van der Waals surface area contributed by atoms with Crippen molar-refractivity contribution >= 4 is 17.2 Å². The summed E-state index contributed by atoms with van der Waals surface area (Å²) < 4.78 is 0. The number of thiazole rings is 1. The third kappa shape index (κ3) is 2.98. The molecule has 0 saturated carbocycles. The number of carbonyl (C=O) groups excluding carboxylic acids is 1. The minimum absolute atomic E-state index is 0.123. The van der Waals surface area contributed by atoms with Crippen LogP contribution < -0.4 is 5.32 Å². The first-order valence-corrected chi connectivity index (χ1v) is 9.52. The molecule has 3 heterocycles. The van der Waals surface area contributed by atoms with Crippen LogP contribution in [0.15, 0.2) is 35.7 Å². The van der Waals surface area contributed by atoms with E-state index < -0.39 is 0 Å². The van der Waals surface area contributed by atoms with E-state index in [1.165, 1.54) is 5.56 Å². The Hall–Kier alpha value is -1.72. The monoisotopic (exact) mass is 341 g/mol. The lowest BCUT2D eigenvalue weighted by atomic mass is 9.76. The van der Waals surface area contributed by atoms with E-state index in [-0.39, 0.29) is 11.4 Å². The van der Waals surface area contributed by atoms with Gasteiger partial charge >= 0.3 is 0 Å². The molecule has 24 heavy (non-hydrogen) atoms. The lowest BCUT2D eigenvalue weighted by Crippen LogP contribution is -2.56. The first-order valence-electron chi connectivity index (χ1n) is 8.64. The summed E-state index contributed by atoms with van der Waals surface area (Å²) in [6.45, 7) is 4.80. The predicted octanol–water partition coefficient (Wildman–Crippen LogP) is 3.09. The Morgan fingerprint density at radius 2 is 2.21 bits per heavy atom. The summed E-state index contributed by atoms with van der Waals surface area (Å²) >= 11 is 1.70. The molecule has 1 spiro atoms. The number of amides is 1. The zero-order valence-corrected chi connectivity index (χ0v) is 14.8. The van der Waals surface area contributed by atoms with Gasteiger partial charge in [-0.2, -0.15) is 0 Å². The fourth-order valence-corrected chi connectivity index (χ4v) is 4.90. The average Bonchev–Trinajstić information content (AvgIpc) is 3.12. The molecule has 1 amide bonds. The van der Waals surface area contributed by atoms with Crippen LogP contribution >= 0.6 is 11.3 Å². The summed E-state index contributed by atoms with van der Waals surface area (Å²) in [4.78, 5) is 19.2. The van der Waals surface area contributed by atoms with Gasteiger partial charge in [-0.1, -0.05) is 30.3 Å². The van der Waals surface area contributed by atoms with E-state index in [0.717, 1.165) is 43.2 Å². The van der Waals surface area contributed by atoms with Crippen LogP contribution in [-0.4, -0.2) is 34.4 Å². The molecule has 5 heteroatoms. The van der Waals surface area contributed by atoms with Gasteiger partial charge in [-0.15, -0.1) is 11.3 Å². The average molecular weight is 341 g/mol. The van der Waals surface area contributed by atoms with Gasteiger partial charge in [0.25, 0.3) is 0 Å². The largest absolute Gasteiger partial charge is 0.349 e. The van der Waals surface area contributed by atoms with Crippen LogP contribution in [0.3, 0.4) is 0 Å². The Morgan fingerprint density at radius 3 is 2.92 bits per heavy atom. The van der Waals surface area contributed by atoms with Crippen molar-refractivity contribution in [3.8, 4) is 0 Å². The van der Waals surface area contributed by atoms with E-state index in [1.54, 1.807) is 11.3 Å². The Morgan fingerprint density at radius 1 is 1.38 bits per heavy atom. The maximum atomic E-state index is 12.1. The van der Waals surface area contributed by atoms with Crippen molar-refractivity contribution in [2.24, 2.45) is 0 Å². The maximum Gasteiger partial charge on any atom is 0.220 e. The van der Waals surface area contributed by atoms with Gasteiger partial charge in [0.2, 0.25) is 5.91 Å². The summed E-state index contributed by atoms with van der Waals surface area (Å²) in [5, 5.41) is 6.63. The molecule has 0 aliphatic carbocycles. The third-order valence-corrected chi connectivity index (χ3v) is 6.11. The van der Waals surface area contributed by atoms with Crippen LogP contribution in [0, 0.1) is 6.92 Å². The number of benzene rings is 1. The highest BCUT2D eigenvalue weighted by Crippen LogP contribution is 2.41. The molecule has 4 nitrogen and oxygen atoms in total. The molecule has 1 N–H and O–H groups in total. The highest BCUT2D eigenvalue weighted by Gasteiger charge is 2.49. The number of likely N-dealkylation sites (tertiary alicyclic amines) is 1. The van der Waals surface area contributed by atoms with Gasteiger partial charge in [0.05, 0.1) is 16.2 Å². The first-order chi connectivity index (χ1) is 11.6. The van der Waals surface area contributed by atoms with Crippen LogP contribution in [0.5, 0.6) is 0 Å². The summed E-state index contributed by atoms with van der Waals surface area (Å²) in [6.07, 6.45) is 2.71. The number of rotatable bonds is 3. The van der Waals surface area contributed by atoms with Crippen molar-refractivity contribution in [1.82, 2.24) is 15.2 Å². The van der Waals surface area contributed by atoms with E-state index >= 15 is 0 Å². The van der Waals surface area contributed by atoms with Gasteiger partial charge in [-0.25, -0.2) is 4.98 Å². The van der Waals surface area contributed by atoms with Crippen LogP contribution in [-0.2, 0) is 11.3 Å². The second kappa shape index (κ2) is 6.30. The van der Waals surface area contributed by atoms with Crippen molar-refractivity contribution in [2.75, 3.05) is 13.1 Å². The third-order valence-electron chi connectivity index (χ3n) is 5.28. The number of aromatic nitrogens is 1. The molecule has 1 aromatic carbocycles. The highest BCUT2D eigenvalue weighted by atomic mass is 32.1. The molecule has 2 atom stereocenters. The van der Waals surface area contributed by atoms with E-state index in [4.69, 9.17) is 0 Å². The molecule has 2 aromatic rings. The molecule has 0 unspecified atom stereocenters. The molecular weight excluding hydrogens is 318 g/mol. The van der Waals surface area contributed by atoms with Gasteiger partial charge in [-0.3, -0.25) is 9.69 Å². The summed E-state index contributed by atoms with van der Waals surface area (Å²) in [7, 11) is 0. The quantitative estimate of drug-likeness (QED) is 0.933. The number of hydrogen-bond acceptors (Lipinski definition) is 4. The minimum atomic E-state index is -0.123. The van der Waals surface area contributed by atoms with Crippen molar-refractivity contribution in [2.45, 2.75) is 44.2 Å². The molecule has 2 fully saturated rings. The van der Waals surface area contributed by atoms with E-state index in [1.807, 2.05) is 6.92 Å². The van der Waals surface area contributed by atoms with Gasteiger partial charge < -0.3 is 5.32 Å². The zero-order chi connectivity index (χ0) is 16.6. The Bertz CT molecular complexity index is 729. The van der Waals surface area contributed by atoms with Gasteiger partial charge in [-0.05, 0) is 25.3 Å². The van der Waals surface area contributed by atoms with Crippen LogP contribution in [0.4, 0.5) is 0 Å². The maximum absolute atomic E-state index is 12.1. The SMILES string of the molecule is Cc1nc(CN2C[C@@H](c3ccccc3)[C@@]3(CCCC(=O)N3)C2)cs1. The molecule has 2 aliphatic heterocycles. The van der Waals surface area contributed by atoms with E-state index in [2.05, 4.69) is 50.9 Å². The van der Waals surface area contributed by atoms with Crippen LogP contribution in [0.2, 0.25) is 0 Å². The topological polar surface area (TPSA) is 45.2 Å². The Labute approximate surface area is 146 Å². The number of aryl methyl sites for hydroxylation is 1. The summed E-state index contributed by atoms with van der Waals surface area (Å²) in [5.74, 6) is 0.552. The van der Waals surface area contributed by atoms with Gasteiger partial charge in [0, 0.05) is 37.4 Å². The number of carbonyl (C=O) groups is 1. The highest BCUT2D eigenvalue weighted by molar-refractivity contribution is 7.09. The first kappa shape index (κ1) is 15.8. The zero-order valence-electron chi connectivity index (χ0n) is 14.0. The fraction of sp³-hybridized carbons (Fsp3) is 0.474. The van der Waals surface area contributed by atoms with Crippen LogP contribution in [0.25, 0.3) is 0 Å². The van der Waals surface area contributed by atoms with Crippen molar-refractivity contribution < 1.29 is 4.79 Å². The van der Waals surface area contributed by atoms with E-state index in [0.29, 0.717) is 12.3 Å². The van der Waals surface area contributed by atoms with Crippen molar-refractivity contribution in [3.05, 3.63) is 52.0 Å². The summed E-state index contributed by atoms with van der Waals surface area (Å²) in [5.41, 5.74) is 2.35. The Balaban J connectivity index is 1.61. The molecule has 0 radical (unpaired) electrons. The second-order valence-electron chi connectivity index (χ2n) is 7.05. The van der Waals surface area contributed by atoms with Gasteiger partial charge in [0.15, 0.2) is 0 Å². The molecule has 0 bridgehead atoms. The van der Waals surface area contributed by atoms with Gasteiger partial charge in [0.1, 0.15) is 0 Å². The number of piperidine rings is 1. The molecule has 2 saturated heterocycles. The normalized spacial score (nSPS) is 27.5. The second-order valence-corrected chi connectivity index (χ2v) is 8.11. The number of hydrogen-bond donors (Lipinski definition) is 1.